The lowest BCUT2D eigenvalue weighted by Crippen LogP contribution is -2.73. The zero-order valence-corrected chi connectivity index (χ0v) is 22.4. The van der Waals surface area contributed by atoms with E-state index < -0.39 is 11.6 Å². The van der Waals surface area contributed by atoms with Gasteiger partial charge in [-0.2, -0.15) is 0 Å². The molecular weight excluding hydrogens is 462 g/mol. The SMILES string of the molecule is CCCN1C(=O)C(COCc2ccccc2)NC(=O)C12CCN(CCCCCCc1ccccc1)CC2. The third kappa shape index (κ3) is 7.20. The number of hydrogen-bond donors (Lipinski definition) is 1. The molecule has 0 bridgehead atoms. The highest BCUT2D eigenvalue weighted by atomic mass is 16.5. The summed E-state index contributed by atoms with van der Waals surface area (Å²) < 4.78 is 5.82. The summed E-state index contributed by atoms with van der Waals surface area (Å²) in [5.41, 5.74) is 1.77. The Morgan fingerprint density at radius 2 is 1.51 bits per heavy atom. The van der Waals surface area contributed by atoms with Crippen molar-refractivity contribution < 1.29 is 14.3 Å². The smallest absolute Gasteiger partial charge is 0.248 e. The number of amides is 2. The van der Waals surface area contributed by atoms with Gasteiger partial charge in [0.05, 0.1) is 13.2 Å². The quantitative estimate of drug-likeness (QED) is 0.405. The van der Waals surface area contributed by atoms with Crippen LogP contribution < -0.4 is 5.32 Å². The minimum atomic E-state index is -0.713. The van der Waals surface area contributed by atoms with E-state index >= 15 is 0 Å². The molecule has 2 aliphatic heterocycles. The van der Waals surface area contributed by atoms with Crippen LogP contribution >= 0.6 is 0 Å². The third-order valence-electron chi connectivity index (χ3n) is 7.87. The maximum atomic E-state index is 13.5. The lowest BCUT2D eigenvalue weighted by Gasteiger charge is -2.51. The summed E-state index contributed by atoms with van der Waals surface area (Å²) in [5.74, 6) is -0.00389. The molecule has 6 heteroatoms. The fourth-order valence-corrected chi connectivity index (χ4v) is 5.71. The standard InChI is InChI=1S/C31H43N3O3/c1-2-20-34-29(35)28(25-37-24-27-16-10-6-11-17-27)32-30(36)31(34)18-22-33(23-19-31)21-12-4-3-7-13-26-14-8-5-9-15-26/h5-6,8-11,14-17,28H,2-4,7,12-13,18-25H2,1H3,(H,32,36). The molecule has 1 atom stereocenters. The summed E-state index contributed by atoms with van der Waals surface area (Å²) in [5, 5.41) is 3.02. The molecule has 2 amide bonds. The number of rotatable bonds is 13. The molecule has 1 unspecified atom stereocenters. The average Bonchev–Trinajstić information content (AvgIpc) is 2.93. The Labute approximate surface area is 222 Å². The molecule has 0 saturated carbocycles. The lowest BCUT2D eigenvalue weighted by molar-refractivity contribution is -0.163. The Bertz CT molecular complexity index is 974. The van der Waals surface area contributed by atoms with Crippen molar-refractivity contribution in [3.8, 4) is 0 Å². The number of benzene rings is 2. The fourth-order valence-electron chi connectivity index (χ4n) is 5.71. The molecule has 1 spiro atoms. The van der Waals surface area contributed by atoms with E-state index in [-0.39, 0.29) is 18.4 Å². The summed E-state index contributed by atoms with van der Waals surface area (Å²) in [4.78, 5) is 31.2. The minimum Gasteiger partial charge on any atom is -0.374 e. The van der Waals surface area contributed by atoms with Crippen LogP contribution in [0.1, 0.15) is 63.0 Å². The molecule has 0 aliphatic carbocycles. The second-order valence-corrected chi connectivity index (χ2v) is 10.5. The van der Waals surface area contributed by atoms with Crippen LogP contribution in [0.15, 0.2) is 60.7 Å². The Balaban J connectivity index is 1.21. The van der Waals surface area contributed by atoms with Crippen LogP contribution in [0.5, 0.6) is 0 Å². The van der Waals surface area contributed by atoms with Gasteiger partial charge in [0.25, 0.3) is 0 Å². The van der Waals surface area contributed by atoms with Gasteiger partial charge in [0.2, 0.25) is 11.8 Å². The molecular formula is C31H43N3O3. The first-order chi connectivity index (χ1) is 18.1. The molecule has 2 aliphatic rings. The molecule has 2 heterocycles. The van der Waals surface area contributed by atoms with Crippen LogP contribution in [0.3, 0.4) is 0 Å². The van der Waals surface area contributed by atoms with E-state index in [1.165, 1.54) is 31.2 Å². The predicted molar refractivity (Wildman–Crippen MR) is 147 cm³/mol. The van der Waals surface area contributed by atoms with Crippen molar-refractivity contribution in [3.05, 3.63) is 71.8 Å². The minimum absolute atomic E-state index is 0.00128. The summed E-state index contributed by atoms with van der Waals surface area (Å²) in [7, 11) is 0. The highest BCUT2D eigenvalue weighted by Gasteiger charge is 2.53. The van der Waals surface area contributed by atoms with Crippen LogP contribution in [0.2, 0.25) is 0 Å². The largest absolute Gasteiger partial charge is 0.374 e. The van der Waals surface area contributed by atoms with Crippen LogP contribution in [0.25, 0.3) is 0 Å². The van der Waals surface area contributed by atoms with Gasteiger partial charge in [0.1, 0.15) is 11.6 Å². The van der Waals surface area contributed by atoms with E-state index in [1.807, 2.05) is 35.2 Å². The van der Waals surface area contributed by atoms with Crippen LogP contribution in [0, 0.1) is 0 Å². The van der Waals surface area contributed by atoms with Crippen molar-refractivity contribution in [3.63, 3.8) is 0 Å². The predicted octanol–water partition coefficient (Wildman–Crippen LogP) is 4.58. The highest BCUT2D eigenvalue weighted by Crippen LogP contribution is 2.33. The molecule has 37 heavy (non-hydrogen) atoms. The number of hydrogen-bond acceptors (Lipinski definition) is 4. The van der Waals surface area contributed by atoms with Gasteiger partial charge < -0.3 is 19.9 Å². The van der Waals surface area contributed by atoms with Crippen molar-refractivity contribution >= 4 is 11.8 Å². The number of carbonyl (C=O) groups is 2. The zero-order valence-electron chi connectivity index (χ0n) is 22.4. The number of piperazine rings is 1. The van der Waals surface area contributed by atoms with E-state index in [0.29, 0.717) is 26.0 Å². The maximum absolute atomic E-state index is 13.5. The molecule has 0 radical (unpaired) electrons. The number of carbonyl (C=O) groups excluding carboxylic acids is 2. The van der Waals surface area contributed by atoms with Gasteiger partial charge in [-0.05, 0) is 56.2 Å². The van der Waals surface area contributed by atoms with E-state index in [2.05, 4.69) is 47.5 Å². The van der Waals surface area contributed by atoms with Gasteiger partial charge >= 0.3 is 0 Å². The number of likely N-dealkylation sites (tertiary alicyclic amines) is 1. The maximum Gasteiger partial charge on any atom is 0.248 e. The van der Waals surface area contributed by atoms with E-state index in [1.54, 1.807) is 0 Å². The first-order valence-electron chi connectivity index (χ1n) is 14.1. The third-order valence-corrected chi connectivity index (χ3v) is 7.87. The summed E-state index contributed by atoms with van der Waals surface area (Å²) in [6, 6.07) is 20.0. The number of nitrogens with one attached hydrogen (secondary N) is 1. The Hall–Kier alpha value is -2.70. The number of unbranched alkanes of at least 4 members (excludes halogenated alkanes) is 3. The molecule has 2 saturated heterocycles. The molecule has 1 N–H and O–H groups in total. The molecule has 2 aromatic rings. The summed E-state index contributed by atoms with van der Waals surface area (Å²) in [6.45, 7) is 6.11. The Kier molecular flexibility index (Phi) is 10.1. The molecule has 4 rings (SSSR count). The Morgan fingerprint density at radius 3 is 2.19 bits per heavy atom. The zero-order chi connectivity index (χ0) is 25.9. The monoisotopic (exact) mass is 505 g/mol. The fraction of sp³-hybridized carbons (Fsp3) is 0.548. The number of piperidine rings is 1. The number of nitrogens with zero attached hydrogens (tertiary/aromatic N) is 2. The van der Waals surface area contributed by atoms with Crippen LogP contribution in [0.4, 0.5) is 0 Å². The van der Waals surface area contributed by atoms with Gasteiger partial charge in [-0.3, -0.25) is 9.59 Å². The normalized spacial score (nSPS) is 19.8. The second-order valence-electron chi connectivity index (χ2n) is 10.5. The van der Waals surface area contributed by atoms with Crippen molar-refractivity contribution in [1.82, 2.24) is 15.1 Å². The van der Waals surface area contributed by atoms with E-state index in [0.717, 1.165) is 38.0 Å². The van der Waals surface area contributed by atoms with Gasteiger partial charge in [0, 0.05) is 19.6 Å². The van der Waals surface area contributed by atoms with Gasteiger partial charge in [-0.25, -0.2) is 0 Å². The first-order valence-corrected chi connectivity index (χ1v) is 14.1. The number of aryl methyl sites for hydroxylation is 1. The Morgan fingerprint density at radius 1 is 0.865 bits per heavy atom. The molecule has 200 valence electrons. The summed E-state index contributed by atoms with van der Waals surface area (Å²) in [6.07, 6.45) is 8.31. The van der Waals surface area contributed by atoms with E-state index in [9.17, 15) is 9.59 Å². The van der Waals surface area contributed by atoms with Crippen molar-refractivity contribution in [2.24, 2.45) is 0 Å². The molecule has 2 aromatic carbocycles. The van der Waals surface area contributed by atoms with Crippen molar-refractivity contribution in [2.75, 3.05) is 32.8 Å². The van der Waals surface area contributed by atoms with Crippen molar-refractivity contribution in [1.29, 1.82) is 0 Å². The van der Waals surface area contributed by atoms with Crippen LogP contribution in [-0.4, -0.2) is 66.0 Å². The van der Waals surface area contributed by atoms with Crippen molar-refractivity contribution in [2.45, 2.75) is 76.5 Å². The van der Waals surface area contributed by atoms with E-state index in [4.69, 9.17) is 4.74 Å². The molecule has 6 nitrogen and oxygen atoms in total. The summed E-state index contributed by atoms with van der Waals surface area (Å²) >= 11 is 0. The van der Waals surface area contributed by atoms with Gasteiger partial charge in [-0.15, -0.1) is 0 Å². The number of ether oxygens (including phenoxy) is 1. The molecule has 2 fully saturated rings. The van der Waals surface area contributed by atoms with Gasteiger partial charge in [0.15, 0.2) is 0 Å². The topological polar surface area (TPSA) is 61.9 Å². The van der Waals surface area contributed by atoms with Gasteiger partial charge in [-0.1, -0.05) is 80.4 Å². The first kappa shape index (κ1) is 27.3. The second kappa shape index (κ2) is 13.7. The molecule has 0 aromatic heterocycles. The van der Waals surface area contributed by atoms with Crippen LogP contribution in [-0.2, 0) is 27.4 Å². The lowest BCUT2D eigenvalue weighted by atomic mass is 9.81. The average molecular weight is 506 g/mol. The highest BCUT2D eigenvalue weighted by molar-refractivity contribution is 6.00.